The fraction of sp³-hybridized carbons (Fsp3) is 0. The van der Waals surface area contributed by atoms with E-state index in [9.17, 15) is 25.3 Å². The Hall–Kier alpha value is -3.49. The fourth-order valence-electron chi connectivity index (χ4n) is 2.07. The number of nitrogens with zero attached hydrogens (tertiary/aromatic N) is 3. The van der Waals surface area contributed by atoms with Gasteiger partial charge in [0.05, 0.1) is 26.4 Å². The average Bonchev–Trinajstić information content (AvgIpc) is 2.89. The van der Waals surface area contributed by atoms with Crippen molar-refractivity contribution in [3.05, 3.63) is 56.6 Å². The summed E-state index contributed by atoms with van der Waals surface area (Å²) in [4.78, 5) is 27.4. The summed E-state index contributed by atoms with van der Waals surface area (Å²) >= 11 is 0. The molecular weight excluding hydrogens is 292 g/mol. The molecule has 9 heteroatoms. The van der Waals surface area contributed by atoms with Crippen LogP contribution in [0.5, 0.6) is 5.75 Å². The van der Waals surface area contributed by atoms with Crippen molar-refractivity contribution in [1.29, 1.82) is 0 Å². The van der Waals surface area contributed by atoms with Gasteiger partial charge in [-0.2, -0.15) is 0 Å². The van der Waals surface area contributed by atoms with Gasteiger partial charge in [0.2, 0.25) is 0 Å². The van der Waals surface area contributed by atoms with Crippen molar-refractivity contribution in [3.8, 4) is 17.1 Å². The molecule has 0 aliphatic rings. The number of nitro groups is 2. The number of benzene rings is 2. The molecule has 3 rings (SSSR count). The maximum absolute atomic E-state index is 10.8. The van der Waals surface area contributed by atoms with Crippen LogP contribution in [0.25, 0.3) is 22.4 Å². The minimum atomic E-state index is -0.587. The highest BCUT2D eigenvalue weighted by molar-refractivity contribution is 5.82. The monoisotopic (exact) mass is 300 g/mol. The molecular formula is C13H8N4O5. The lowest BCUT2D eigenvalue weighted by molar-refractivity contribution is -0.385. The molecule has 0 fully saturated rings. The molecule has 1 aromatic heterocycles. The minimum absolute atomic E-state index is 0.106. The van der Waals surface area contributed by atoms with E-state index in [-0.39, 0.29) is 28.5 Å². The molecule has 22 heavy (non-hydrogen) atoms. The third kappa shape index (κ3) is 2.20. The van der Waals surface area contributed by atoms with Crippen molar-refractivity contribution in [2.24, 2.45) is 0 Å². The number of nitrogens with one attached hydrogen (secondary N) is 1. The third-order valence-electron chi connectivity index (χ3n) is 3.12. The highest BCUT2D eigenvalue weighted by atomic mass is 16.6. The van der Waals surface area contributed by atoms with Crippen LogP contribution in [-0.4, -0.2) is 24.9 Å². The second-order valence-corrected chi connectivity index (χ2v) is 4.50. The lowest BCUT2D eigenvalue weighted by atomic mass is 10.1. The smallest absolute Gasteiger partial charge is 0.271 e. The Morgan fingerprint density at radius 2 is 1.64 bits per heavy atom. The Morgan fingerprint density at radius 1 is 1.00 bits per heavy atom. The van der Waals surface area contributed by atoms with Crippen molar-refractivity contribution in [1.82, 2.24) is 9.97 Å². The SMILES string of the molecule is O=[N+]([O-])c1ccc(O)c(-c2nc3ccc([N+](=O)[O-])cc3[nH]2)c1. The molecule has 2 aromatic carbocycles. The summed E-state index contributed by atoms with van der Waals surface area (Å²) < 4.78 is 0. The van der Waals surface area contributed by atoms with Gasteiger partial charge in [-0.25, -0.2) is 4.98 Å². The number of non-ortho nitro benzene ring substituents is 2. The Balaban J connectivity index is 2.16. The number of rotatable bonds is 3. The van der Waals surface area contributed by atoms with Crippen molar-refractivity contribution >= 4 is 22.4 Å². The van der Waals surface area contributed by atoms with Crippen molar-refractivity contribution < 1.29 is 15.0 Å². The summed E-state index contributed by atoms with van der Waals surface area (Å²) in [6, 6.07) is 7.62. The number of imidazole rings is 1. The molecule has 0 unspecified atom stereocenters. The number of fused-ring (bicyclic) bond motifs is 1. The summed E-state index contributed by atoms with van der Waals surface area (Å²) in [5, 5.41) is 31.4. The maximum atomic E-state index is 10.8. The van der Waals surface area contributed by atoms with Crippen molar-refractivity contribution in [3.63, 3.8) is 0 Å². The van der Waals surface area contributed by atoms with Gasteiger partial charge in [-0.15, -0.1) is 0 Å². The van der Waals surface area contributed by atoms with Gasteiger partial charge in [0.1, 0.15) is 11.6 Å². The van der Waals surface area contributed by atoms with Crippen LogP contribution < -0.4 is 0 Å². The number of phenols is 1. The number of aromatic hydroxyl groups is 1. The maximum Gasteiger partial charge on any atom is 0.271 e. The normalized spacial score (nSPS) is 10.7. The fourth-order valence-corrected chi connectivity index (χ4v) is 2.07. The second kappa shape index (κ2) is 4.81. The predicted octanol–water partition coefficient (Wildman–Crippen LogP) is 2.75. The van der Waals surface area contributed by atoms with Gasteiger partial charge in [-0.05, 0) is 12.1 Å². The lowest BCUT2D eigenvalue weighted by Crippen LogP contribution is -1.89. The molecule has 0 aliphatic heterocycles. The van der Waals surface area contributed by atoms with Crippen LogP contribution in [0.15, 0.2) is 36.4 Å². The van der Waals surface area contributed by atoms with E-state index in [0.29, 0.717) is 11.0 Å². The number of phenolic OH excluding ortho intramolecular Hbond substituents is 1. The van der Waals surface area contributed by atoms with Crippen LogP contribution in [0.3, 0.4) is 0 Å². The Labute approximate surface area is 122 Å². The van der Waals surface area contributed by atoms with E-state index in [4.69, 9.17) is 0 Å². The largest absolute Gasteiger partial charge is 0.507 e. The molecule has 9 nitrogen and oxygen atoms in total. The number of aromatic amines is 1. The molecule has 0 saturated carbocycles. The zero-order valence-electron chi connectivity index (χ0n) is 10.9. The zero-order valence-corrected chi connectivity index (χ0v) is 10.9. The van der Waals surface area contributed by atoms with Crippen LogP contribution in [0.1, 0.15) is 0 Å². The van der Waals surface area contributed by atoms with Crippen molar-refractivity contribution in [2.75, 3.05) is 0 Å². The van der Waals surface area contributed by atoms with E-state index in [0.717, 1.165) is 0 Å². The van der Waals surface area contributed by atoms with E-state index in [1.165, 1.54) is 36.4 Å². The third-order valence-corrected chi connectivity index (χ3v) is 3.12. The van der Waals surface area contributed by atoms with Gasteiger partial charge in [-0.3, -0.25) is 20.2 Å². The predicted molar refractivity (Wildman–Crippen MR) is 76.5 cm³/mol. The number of nitro benzene ring substituents is 2. The molecule has 0 bridgehead atoms. The molecule has 0 spiro atoms. The van der Waals surface area contributed by atoms with E-state index in [2.05, 4.69) is 9.97 Å². The van der Waals surface area contributed by atoms with Crippen LogP contribution in [0.4, 0.5) is 11.4 Å². The number of hydrogen-bond acceptors (Lipinski definition) is 6. The van der Waals surface area contributed by atoms with Crippen LogP contribution in [0.2, 0.25) is 0 Å². The summed E-state index contributed by atoms with van der Waals surface area (Å²) in [7, 11) is 0. The van der Waals surface area contributed by atoms with E-state index < -0.39 is 9.85 Å². The molecule has 3 aromatic rings. The van der Waals surface area contributed by atoms with E-state index in [1.807, 2.05) is 0 Å². The Kier molecular flexibility index (Phi) is 2.95. The Bertz CT molecular complexity index is 918. The molecule has 0 aliphatic carbocycles. The van der Waals surface area contributed by atoms with E-state index >= 15 is 0 Å². The van der Waals surface area contributed by atoms with E-state index in [1.54, 1.807) is 0 Å². The van der Waals surface area contributed by atoms with Crippen LogP contribution >= 0.6 is 0 Å². The summed E-state index contributed by atoms with van der Waals surface area (Å²) in [5.41, 5.74) is 0.694. The number of hydrogen-bond donors (Lipinski definition) is 2. The van der Waals surface area contributed by atoms with Gasteiger partial charge in [0.15, 0.2) is 0 Å². The van der Waals surface area contributed by atoms with Gasteiger partial charge in [0, 0.05) is 24.3 Å². The zero-order chi connectivity index (χ0) is 15.9. The highest BCUT2D eigenvalue weighted by Gasteiger charge is 2.16. The van der Waals surface area contributed by atoms with Crippen molar-refractivity contribution in [2.45, 2.75) is 0 Å². The molecule has 1 heterocycles. The second-order valence-electron chi connectivity index (χ2n) is 4.50. The first-order valence-electron chi connectivity index (χ1n) is 6.07. The average molecular weight is 300 g/mol. The molecule has 0 saturated heterocycles. The highest BCUT2D eigenvalue weighted by Crippen LogP contribution is 2.32. The quantitative estimate of drug-likeness (QED) is 0.564. The van der Waals surface area contributed by atoms with Gasteiger partial charge in [-0.1, -0.05) is 0 Å². The van der Waals surface area contributed by atoms with Crippen LogP contribution in [0, 0.1) is 20.2 Å². The Morgan fingerprint density at radius 3 is 2.32 bits per heavy atom. The molecule has 0 atom stereocenters. The van der Waals surface area contributed by atoms with Crippen LogP contribution in [-0.2, 0) is 0 Å². The van der Waals surface area contributed by atoms with Gasteiger partial charge >= 0.3 is 0 Å². The minimum Gasteiger partial charge on any atom is -0.507 e. The first-order chi connectivity index (χ1) is 10.5. The summed E-state index contributed by atoms with van der Waals surface area (Å²) in [5.74, 6) is 0.0100. The standard InChI is InChI=1S/C13H8N4O5/c18-12-4-2-7(16(19)20)5-9(12)13-14-10-3-1-8(17(21)22)6-11(10)15-13/h1-6,18H,(H,14,15). The topological polar surface area (TPSA) is 135 Å². The molecule has 0 radical (unpaired) electrons. The molecule has 0 amide bonds. The lowest BCUT2D eigenvalue weighted by Gasteiger charge is -2.00. The first kappa shape index (κ1) is 13.5. The molecule has 110 valence electrons. The number of aromatic nitrogens is 2. The van der Waals surface area contributed by atoms with Gasteiger partial charge in [0.25, 0.3) is 11.4 Å². The van der Waals surface area contributed by atoms with Gasteiger partial charge < -0.3 is 10.1 Å². The molecule has 2 N–H and O–H groups in total. The summed E-state index contributed by atoms with van der Waals surface area (Å²) in [6.45, 7) is 0. The summed E-state index contributed by atoms with van der Waals surface area (Å²) in [6.07, 6.45) is 0. The number of H-pyrrole nitrogens is 1. The first-order valence-corrected chi connectivity index (χ1v) is 6.07.